The molecule has 0 aliphatic heterocycles. The van der Waals surface area contributed by atoms with Gasteiger partial charge in [-0.1, -0.05) is 42.6 Å². The van der Waals surface area contributed by atoms with E-state index in [-0.39, 0.29) is 0 Å². The Labute approximate surface area is 132 Å². The maximum atomic E-state index is 9.97. The molecule has 0 heterocycles. The Bertz CT molecular complexity index is 421. The van der Waals surface area contributed by atoms with Crippen molar-refractivity contribution in [3.8, 4) is 0 Å². The zero-order chi connectivity index (χ0) is 15.1. The zero-order valence-corrected chi connectivity index (χ0v) is 13.5. The van der Waals surface area contributed by atoms with E-state index in [4.69, 9.17) is 16.3 Å². The van der Waals surface area contributed by atoms with Crippen LogP contribution in [0.4, 0.5) is 0 Å². The number of nitrogens with one attached hydrogen (secondary N) is 1. The first-order valence-corrected chi connectivity index (χ1v) is 8.27. The second kappa shape index (κ2) is 8.74. The van der Waals surface area contributed by atoms with Crippen molar-refractivity contribution in [1.82, 2.24) is 5.32 Å². The van der Waals surface area contributed by atoms with E-state index in [0.29, 0.717) is 30.8 Å². The maximum Gasteiger partial charge on any atom is 0.0897 e. The molecule has 1 saturated carbocycles. The highest BCUT2D eigenvalue weighted by Gasteiger charge is 2.21. The van der Waals surface area contributed by atoms with Gasteiger partial charge in [-0.2, -0.15) is 0 Å². The fraction of sp³-hybridized carbons (Fsp3) is 0.647. The minimum atomic E-state index is -0.476. The van der Waals surface area contributed by atoms with Gasteiger partial charge in [0.2, 0.25) is 0 Å². The molecular formula is C17H26ClNO2. The molecular weight excluding hydrogens is 286 g/mol. The van der Waals surface area contributed by atoms with Crippen molar-refractivity contribution in [3.63, 3.8) is 0 Å². The minimum Gasteiger partial charge on any atom is -0.389 e. The van der Waals surface area contributed by atoms with Crippen molar-refractivity contribution >= 4 is 11.6 Å². The molecule has 0 radical (unpaired) electrons. The Balaban J connectivity index is 1.61. The van der Waals surface area contributed by atoms with Crippen LogP contribution in [0.15, 0.2) is 24.3 Å². The third-order valence-electron chi connectivity index (χ3n) is 4.31. The van der Waals surface area contributed by atoms with E-state index in [0.717, 1.165) is 11.5 Å². The van der Waals surface area contributed by atoms with Crippen molar-refractivity contribution in [3.05, 3.63) is 34.9 Å². The van der Waals surface area contributed by atoms with Crippen LogP contribution >= 0.6 is 11.6 Å². The highest BCUT2D eigenvalue weighted by molar-refractivity contribution is 6.31. The molecule has 118 valence electrons. The van der Waals surface area contributed by atoms with Crippen LogP contribution in [0.1, 0.15) is 38.2 Å². The molecule has 0 bridgehead atoms. The summed E-state index contributed by atoms with van der Waals surface area (Å²) >= 11 is 6.06. The van der Waals surface area contributed by atoms with Gasteiger partial charge < -0.3 is 15.2 Å². The number of halogens is 1. The third kappa shape index (κ3) is 5.59. The maximum absolute atomic E-state index is 9.97. The fourth-order valence-electron chi connectivity index (χ4n) is 2.93. The molecule has 0 amide bonds. The van der Waals surface area contributed by atoms with E-state index < -0.39 is 6.10 Å². The Morgan fingerprint density at radius 1 is 1.33 bits per heavy atom. The van der Waals surface area contributed by atoms with Crippen LogP contribution in [0.5, 0.6) is 0 Å². The van der Waals surface area contributed by atoms with Gasteiger partial charge in [-0.15, -0.1) is 0 Å². The van der Waals surface area contributed by atoms with E-state index >= 15 is 0 Å². The summed E-state index contributed by atoms with van der Waals surface area (Å²) in [5.74, 6) is 0.765. The Morgan fingerprint density at radius 3 is 2.76 bits per heavy atom. The van der Waals surface area contributed by atoms with Crippen molar-refractivity contribution in [2.24, 2.45) is 5.92 Å². The van der Waals surface area contributed by atoms with Gasteiger partial charge in [-0.05, 0) is 37.3 Å². The van der Waals surface area contributed by atoms with Gasteiger partial charge in [0.1, 0.15) is 0 Å². The van der Waals surface area contributed by atoms with Crippen LogP contribution in [-0.2, 0) is 11.3 Å². The molecule has 3 nitrogen and oxygen atoms in total. The van der Waals surface area contributed by atoms with Crippen LogP contribution in [-0.4, -0.2) is 30.4 Å². The van der Waals surface area contributed by atoms with Crippen LogP contribution < -0.4 is 5.32 Å². The van der Waals surface area contributed by atoms with Gasteiger partial charge in [-0.3, -0.25) is 0 Å². The van der Waals surface area contributed by atoms with Crippen molar-refractivity contribution in [2.45, 2.75) is 51.4 Å². The van der Waals surface area contributed by atoms with Crippen molar-refractivity contribution in [1.29, 1.82) is 0 Å². The summed E-state index contributed by atoms with van der Waals surface area (Å²) < 4.78 is 5.55. The molecule has 0 saturated heterocycles. The third-order valence-corrected chi connectivity index (χ3v) is 4.68. The zero-order valence-electron chi connectivity index (χ0n) is 12.7. The lowest BCUT2D eigenvalue weighted by molar-refractivity contribution is 0.0270. The lowest BCUT2D eigenvalue weighted by atomic mass is 10.00. The summed E-state index contributed by atoms with van der Waals surface area (Å²) in [6.07, 6.45) is 4.84. The minimum absolute atomic E-state index is 0.329. The number of aliphatic hydroxyl groups is 1. The van der Waals surface area contributed by atoms with E-state index in [1.54, 1.807) is 0 Å². The Hall–Kier alpha value is -0.610. The number of hydrogen-bond donors (Lipinski definition) is 2. The van der Waals surface area contributed by atoms with E-state index in [2.05, 4.69) is 12.2 Å². The average molecular weight is 312 g/mol. The van der Waals surface area contributed by atoms with Crippen LogP contribution in [0.25, 0.3) is 0 Å². The molecule has 1 aromatic carbocycles. The second-order valence-corrected chi connectivity index (χ2v) is 6.41. The highest BCUT2D eigenvalue weighted by atomic mass is 35.5. The number of rotatable bonds is 8. The first-order chi connectivity index (χ1) is 10.2. The molecule has 4 heteroatoms. The van der Waals surface area contributed by atoms with E-state index in [1.807, 2.05) is 24.3 Å². The molecule has 0 spiro atoms. The summed E-state index contributed by atoms with van der Waals surface area (Å²) in [6.45, 7) is 3.57. The van der Waals surface area contributed by atoms with Crippen molar-refractivity contribution in [2.75, 3.05) is 13.2 Å². The van der Waals surface area contributed by atoms with Gasteiger partial charge in [0.25, 0.3) is 0 Å². The Kier molecular flexibility index (Phi) is 6.97. The molecule has 0 aromatic heterocycles. The van der Waals surface area contributed by atoms with E-state index in [1.165, 1.54) is 25.7 Å². The fourth-order valence-corrected chi connectivity index (χ4v) is 3.12. The normalized spacial score (nSPS) is 18.8. The lowest BCUT2D eigenvalue weighted by Gasteiger charge is -2.22. The molecule has 2 atom stereocenters. The number of aliphatic hydroxyl groups excluding tert-OH is 1. The van der Waals surface area contributed by atoms with Gasteiger partial charge in [-0.25, -0.2) is 0 Å². The SMILES string of the molecule is C[C@H](NCC(O)COCc1ccccc1Cl)C1CCCC1. The standard InChI is InChI=1S/C17H26ClNO2/c1-13(14-6-2-3-7-14)19-10-16(20)12-21-11-15-8-4-5-9-17(15)18/h4-5,8-9,13-14,16,19-20H,2-3,6-7,10-12H2,1H3/t13-,16?/m0/s1. The summed E-state index contributed by atoms with van der Waals surface area (Å²) in [5, 5.41) is 14.1. The van der Waals surface area contributed by atoms with Crippen molar-refractivity contribution < 1.29 is 9.84 Å². The van der Waals surface area contributed by atoms with Crippen LogP contribution in [0.2, 0.25) is 5.02 Å². The monoisotopic (exact) mass is 311 g/mol. The quantitative estimate of drug-likeness (QED) is 0.773. The largest absolute Gasteiger partial charge is 0.389 e. The van der Waals surface area contributed by atoms with Crippen LogP contribution in [0, 0.1) is 5.92 Å². The average Bonchev–Trinajstić information content (AvgIpc) is 3.01. The predicted molar refractivity (Wildman–Crippen MR) is 86.5 cm³/mol. The molecule has 1 aliphatic rings. The molecule has 1 aliphatic carbocycles. The smallest absolute Gasteiger partial charge is 0.0897 e. The van der Waals surface area contributed by atoms with Gasteiger partial charge in [0.15, 0.2) is 0 Å². The molecule has 2 rings (SSSR count). The van der Waals surface area contributed by atoms with Crippen LogP contribution in [0.3, 0.4) is 0 Å². The summed E-state index contributed by atoms with van der Waals surface area (Å²) in [5.41, 5.74) is 0.957. The van der Waals surface area contributed by atoms with Gasteiger partial charge in [0.05, 0.1) is 19.3 Å². The molecule has 1 aromatic rings. The highest BCUT2D eigenvalue weighted by Crippen LogP contribution is 2.27. The van der Waals surface area contributed by atoms with E-state index in [9.17, 15) is 5.11 Å². The number of benzene rings is 1. The number of ether oxygens (including phenoxy) is 1. The van der Waals surface area contributed by atoms with Gasteiger partial charge >= 0.3 is 0 Å². The van der Waals surface area contributed by atoms with Gasteiger partial charge in [0, 0.05) is 17.6 Å². The first-order valence-electron chi connectivity index (χ1n) is 7.89. The lowest BCUT2D eigenvalue weighted by Crippen LogP contribution is -2.39. The molecule has 1 fully saturated rings. The number of hydrogen-bond acceptors (Lipinski definition) is 3. The predicted octanol–water partition coefficient (Wildman–Crippen LogP) is 3.39. The summed E-state index contributed by atoms with van der Waals surface area (Å²) in [4.78, 5) is 0. The molecule has 1 unspecified atom stereocenters. The molecule has 2 N–H and O–H groups in total. The summed E-state index contributed by atoms with van der Waals surface area (Å²) in [7, 11) is 0. The summed E-state index contributed by atoms with van der Waals surface area (Å²) in [6, 6.07) is 8.10. The second-order valence-electron chi connectivity index (χ2n) is 6.00. The first kappa shape index (κ1) is 16.8. The molecule has 21 heavy (non-hydrogen) atoms. The topological polar surface area (TPSA) is 41.5 Å². The Morgan fingerprint density at radius 2 is 2.05 bits per heavy atom.